The molecule has 0 fully saturated rings. The fourth-order valence-electron chi connectivity index (χ4n) is 1.60. The van der Waals surface area contributed by atoms with Gasteiger partial charge < -0.3 is 15.4 Å². The van der Waals surface area contributed by atoms with Gasteiger partial charge in [-0.2, -0.15) is 0 Å². The third-order valence-corrected chi connectivity index (χ3v) is 3.42. The molecule has 0 aromatic carbocycles. The average molecular weight is 280 g/mol. The normalized spacial score (nSPS) is 12.1. The molecule has 1 amide bonds. The summed E-state index contributed by atoms with van der Waals surface area (Å²) in [5.74, 6) is -1.74. The van der Waals surface area contributed by atoms with E-state index in [-0.39, 0.29) is 17.4 Å². The highest BCUT2D eigenvalue weighted by atomic mass is 32.1. The van der Waals surface area contributed by atoms with Crippen LogP contribution in [0, 0.1) is 0 Å². The molecular weight excluding hydrogens is 268 g/mol. The van der Waals surface area contributed by atoms with Crippen LogP contribution in [0.1, 0.15) is 45.4 Å². The molecule has 2 aromatic rings. The number of aromatic nitrogens is 3. The second kappa shape index (κ2) is 5.61. The van der Waals surface area contributed by atoms with Gasteiger partial charge in [0.1, 0.15) is 5.01 Å². The molecule has 2 rings (SSSR count). The predicted octanol–water partition coefficient (Wildman–Crippen LogP) is 1.45. The monoisotopic (exact) mass is 280 g/mol. The number of rotatable bonds is 5. The summed E-state index contributed by atoms with van der Waals surface area (Å²) in [5.41, 5.74) is -0.339. The maximum Gasteiger partial charge on any atom is 0.354 e. The second-order valence-corrected chi connectivity index (χ2v) is 4.66. The Kier molecular flexibility index (Phi) is 3.91. The molecule has 3 N–H and O–H groups in total. The zero-order valence-corrected chi connectivity index (χ0v) is 10.9. The number of H-pyrrole nitrogens is 1. The molecule has 100 valence electrons. The maximum atomic E-state index is 12.0. The van der Waals surface area contributed by atoms with Crippen LogP contribution < -0.4 is 5.32 Å². The van der Waals surface area contributed by atoms with Gasteiger partial charge in [0.15, 0.2) is 11.4 Å². The van der Waals surface area contributed by atoms with E-state index in [9.17, 15) is 9.59 Å². The van der Waals surface area contributed by atoms with E-state index in [1.54, 1.807) is 6.20 Å². The summed E-state index contributed by atoms with van der Waals surface area (Å²) >= 11 is 1.43. The van der Waals surface area contributed by atoms with E-state index in [1.807, 2.05) is 12.3 Å². The molecule has 0 bridgehead atoms. The Labute approximate surface area is 112 Å². The van der Waals surface area contributed by atoms with E-state index in [0.29, 0.717) is 6.42 Å². The highest BCUT2D eigenvalue weighted by Crippen LogP contribution is 2.19. The molecule has 0 aliphatic rings. The zero-order valence-electron chi connectivity index (χ0n) is 10.1. The molecule has 0 aliphatic heterocycles. The molecule has 0 aliphatic carbocycles. The number of amides is 1. The van der Waals surface area contributed by atoms with E-state index in [0.717, 1.165) is 5.01 Å². The first-order valence-corrected chi connectivity index (χ1v) is 6.48. The number of carboxylic acid groups (broad SMARTS) is 1. The van der Waals surface area contributed by atoms with Crippen molar-refractivity contribution < 1.29 is 14.7 Å². The standard InChI is InChI=1S/C11H12N4O3S/c1-2-6(10-12-3-4-19-10)15-9(16)7-8(11(17)18)14-5-13-7/h3-6H,2H2,1H3,(H,13,14)(H,15,16)(H,17,18). The van der Waals surface area contributed by atoms with E-state index in [1.165, 1.54) is 17.7 Å². The highest BCUT2D eigenvalue weighted by Gasteiger charge is 2.23. The number of aromatic amines is 1. The van der Waals surface area contributed by atoms with Crippen molar-refractivity contribution in [1.29, 1.82) is 0 Å². The molecule has 19 heavy (non-hydrogen) atoms. The van der Waals surface area contributed by atoms with Gasteiger partial charge >= 0.3 is 5.97 Å². The lowest BCUT2D eigenvalue weighted by atomic mass is 10.2. The van der Waals surface area contributed by atoms with Crippen molar-refractivity contribution in [3.63, 3.8) is 0 Å². The summed E-state index contributed by atoms with van der Waals surface area (Å²) in [6, 6.07) is -0.245. The Morgan fingerprint density at radius 3 is 2.89 bits per heavy atom. The van der Waals surface area contributed by atoms with E-state index < -0.39 is 11.9 Å². The Hall–Kier alpha value is -2.22. The zero-order chi connectivity index (χ0) is 13.8. The van der Waals surface area contributed by atoms with Crippen molar-refractivity contribution in [3.8, 4) is 0 Å². The third-order valence-electron chi connectivity index (χ3n) is 2.53. The number of aromatic carboxylic acids is 1. The topological polar surface area (TPSA) is 108 Å². The van der Waals surface area contributed by atoms with E-state index in [4.69, 9.17) is 5.11 Å². The molecule has 2 heterocycles. The summed E-state index contributed by atoms with van der Waals surface area (Å²) in [6.07, 6.45) is 3.50. The Balaban J connectivity index is 2.16. The van der Waals surface area contributed by atoms with Crippen molar-refractivity contribution in [2.75, 3.05) is 0 Å². The quantitative estimate of drug-likeness (QED) is 0.768. The lowest BCUT2D eigenvalue weighted by Gasteiger charge is -2.13. The molecule has 7 nitrogen and oxygen atoms in total. The number of nitrogens with one attached hydrogen (secondary N) is 2. The average Bonchev–Trinajstić information content (AvgIpc) is 3.05. The summed E-state index contributed by atoms with van der Waals surface area (Å²) in [4.78, 5) is 33.2. The van der Waals surface area contributed by atoms with Gasteiger partial charge in [0.25, 0.3) is 5.91 Å². The van der Waals surface area contributed by atoms with Gasteiger partial charge in [0, 0.05) is 11.6 Å². The van der Waals surface area contributed by atoms with Crippen molar-refractivity contribution in [2.24, 2.45) is 0 Å². The van der Waals surface area contributed by atoms with Gasteiger partial charge in [-0.15, -0.1) is 11.3 Å². The number of carboxylic acids is 1. The maximum absolute atomic E-state index is 12.0. The SMILES string of the molecule is CCC(NC(=O)c1nc[nH]c1C(=O)O)c1nccs1. The third kappa shape index (κ3) is 2.79. The first kappa shape index (κ1) is 13.2. The summed E-state index contributed by atoms with van der Waals surface area (Å²) in [6.45, 7) is 1.91. The fourth-order valence-corrected chi connectivity index (χ4v) is 2.37. The van der Waals surface area contributed by atoms with Gasteiger partial charge in [0.2, 0.25) is 0 Å². The number of thiazole rings is 1. The molecule has 0 saturated heterocycles. The largest absolute Gasteiger partial charge is 0.477 e. The molecule has 8 heteroatoms. The minimum atomic E-state index is -1.22. The van der Waals surface area contributed by atoms with Crippen molar-refractivity contribution in [1.82, 2.24) is 20.3 Å². The van der Waals surface area contributed by atoms with Crippen LogP contribution in [0.5, 0.6) is 0 Å². The number of imidazole rings is 1. The van der Waals surface area contributed by atoms with Crippen LogP contribution in [0.15, 0.2) is 17.9 Å². The minimum Gasteiger partial charge on any atom is -0.477 e. The number of hydrogen-bond donors (Lipinski definition) is 3. The summed E-state index contributed by atoms with van der Waals surface area (Å²) in [7, 11) is 0. The molecule has 2 aromatic heterocycles. The Morgan fingerprint density at radius 2 is 2.32 bits per heavy atom. The van der Waals surface area contributed by atoms with E-state index in [2.05, 4.69) is 20.3 Å². The van der Waals surface area contributed by atoms with Crippen molar-refractivity contribution >= 4 is 23.2 Å². The second-order valence-electron chi connectivity index (χ2n) is 3.74. The molecule has 0 spiro atoms. The molecule has 1 unspecified atom stereocenters. The van der Waals surface area contributed by atoms with E-state index >= 15 is 0 Å². The Morgan fingerprint density at radius 1 is 1.53 bits per heavy atom. The van der Waals surface area contributed by atoms with Gasteiger partial charge in [-0.25, -0.2) is 14.8 Å². The summed E-state index contributed by atoms with van der Waals surface area (Å²) in [5, 5.41) is 14.2. The van der Waals surface area contributed by atoms with Crippen molar-refractivity contribution in [2.45, 2.75) is 19.4 Å². The van der Waals surface area contributed by atoms with Crippen LogP contribution in [0.25, 0.3) is 0 Å². The molecule has 0 radical (unpaired) electrons. The first-order valence-electron chi connectivity index (χ1n) is 5.60. The van der Waals surface area contributed by atoms with Gasteiger partial charge in [-0.3, -0.25) is 4.79 Å². The number of nitrogens with zero attached hydrogens (tertiary/aromatic N) is 2. The lowest BCUT2D eigenvalue weighted by molar-refractivity contribution is 0.0684. The molecule has 1 atom stereocenters. The summed E-state index contributed by atoms with van der Waals surface area (Å²) < 4.78 is 0. The van der Waals surface area contributed by atoms with Crippen molar-refractivity contribution in [3.05, 3.63) is 34.3 Å². The van der Waals surface area contributed by atoms with Gasteiger partial charge in [-0.1, -0.05) is 6.92 Å². The number of carbonyl (C=O) groups excluding carboxylic acids is 1. The molecular formula is C11H12N4O3S. The number of hydrogen-bond acceptors (Lipinski definition) is 5. The minimum absolute atomic E-state index is 0.123. The van der Waals surface area contributed by atoms with Gasteiger partial charge in [-0.05, 0) is 6.42 Å². The predicted molar refractivity (Wildman–Crippen MR) is 68.2 cm³/mol. The first-order chi connectivity index (χ1) is 9.13. The molecule has 0 saturated carbocycles. The smallest absolute Gasteiger partial charge is 0.354 e. The van der Waals surface area contributed by atoms with Crippen LogP contribution in [0.2, 0.25) is 0 Å². The Bertz CT molecular complexity index is 579. The fraction of sp³-hybridized carbons (Fsp3) is 0.273. The van der Waals surface area contributed by atoms with Crippen LogP contribution >= 0.6 is 11.3 Å². The van der Waals surface area contributed by atoms with Gasteiger partial charge in [0.05, 0.1) is 12.4 Å². The number of carbonyl (C=O) groups is 2. The van der Waals surface area contributed by atoms with Crippen LogP contribution in [-0.2, 0) is 0 Å². The van der Waals surface area contributed by atoms with Crippen LogP contribution in [0.4, 0.5) is 0 Å². The highest BCUT2D eigenvalue weighted by molar-refractivity contribution is 7.09. The van der Waals surface area contributed by atoms with Crippen LogP contribution in [-0.4, -0.2) is 31.9 Å². The lowest BCUT2D eigenvalue weighted by Crippen LogP contribution is -2.29. The van der Waals surface area contributed by atoms with Crippen LogP contribution in [0.3, 0.4) is 0 Å².